The molecule has 0 aromatic carbocycles. The molecule has 1 aromatic rings. The maximum atomic E-state index is 12.2. The third kappa shape index (κ3) is 3.70. The highest BCUT2D eigenvalue weighted by atomic mass is 16.1. The van der Waals surface area contributed by atoms with E-state index >= 15 is 0 Å². The third-order valence-electron chi connectivity index (χ3n) is 4.20. The van der Waals surface area contributed by atoms with Crippen molar-refractivity contribution in [3.05, 3.63) is 18.3 Å². The predicted octanol–water partition coefficient (Wildman–Crippen LogP) is 2.15. The number of rotatable bonds is 3. The average molecular weight is 276 g/mol. The lowest BCUT2D eigenvalue weighted by Gasteiger charge is -2.36. The summed E-state index contributed by atoms with van der Waals surface area (Å²) < 4.78 is 0. The minimum absolute atomic E-state index is 0.0722. The van der Waals surface area contributed by atoms with Crippen LogP contribution in [0, 0.1) is 11.8 Å². The number of pyridine rings is 1. The molecule has 0 spiro atoms. The molecule has 0 unspecified atom stereocenters. The molecule has 1 aromatic heterocycles. The average Bonchev–Trinajstić information content (AvgIpc) is 2.38. The Labute approximate surface area is 120 Å². The van der Waals surface area contributed by atoms with E-state index < -0.39 is 0 Å². The topological polar surface area (TPSA) is 94.0 Å². The van der Waals surface area contributed by atoms with Crippen molar-refractivity contribution < 1.29 is 4.79 Å². The lowest BCUT2D eigenvalue weighted by molar-refractivity contribution is -0.121. The predicted molar refractivity (Wildman–Crippen MR) is 81.0 cm³/mol. The van der Waals surface area contributed by atoms with Crippen LogP contribution < -0.4 is 16.8 Å². The Hall–Kier alpha value is -1.62. The highest BCUT2D eigenvalue weighted by Crippen LogP contribution is 2.34. The van der Waals surface area contributed by atoms with Gasteiger partial charge in [0.1, 0.15) is 5.82 Å². The number of hydrogen-bond acceptors (Lipinski definition) is 4. The molecule has 0 saturated heterocycles. The monoisotopic (exact) mass is 276 g/mol. The first-order chi connectivity index (χ1) is 9.36. The summed E-state index contributed by atoms with van der Waals surface area (Å²) in [6.07, 6.45) is 5.42. The van der Waals surface area contributed by atoms with Gasteiger partial charge < -0.3 is 16.8 Å². The highest BCUT2D eigenvalue weighted by Gasteiger charge is 2.32. The van der Waals surface area contributed by atoms with Gasteiger partial charge >= 0.3 is 0 Å². The molecule has 110 valence electrons. The van der Waals surface area contributed by atoms with Crippen LogP contribution in [0.4, 0.5) is 11.5 Å². The third-order valence-corrected chi connectivity index (χ3v) is 4.20. The minimum Gasteiger partial charge on any atom is -0.384 e. The zero-order chi connectivity index (χ0) is 14.8. The van der Waals surface area contributed by atoms with Crippen LogP contribution in [0.25, 0.3) is 0 Å². The second kappa shape index (κ2) is 5.79. The van der Waals surface area contributed by atoms with Crippen molar-refractivity contribution in [1.82, 2.24) is 4.98 Å². The molecular formula is C15H24N4O. The molecule has 0 radical (unpaired) electrons. The molecular weight excluding hydrogens is 252 g/mol. The van der Waals surface area contributed by atoms with E-state index in [0.29, 0.717) is 17.4 Å². The van der Waals surface area contributed by atoms with Gasteiger partial charge in [0, 0.05) is 29.4 Å². The van der Waals surface area contributed by atoms with E-state index in [9.17, 15) is 4.79 Å². The summed E-state index contributed by atoms with van der Waals surface area (Å²) >= 11 is 0. The van der Waals surface area contributed by atoms with Gasteiger partial charge in [0.2, 0.25) is 5.91 Å². The van der Waals surface area contributed by atoms with E-state index in [-0.39, 0.29) is 17.4 Å². The maximum Gasteiger partial charge on any atom is 0.227 e. The van der Waals surface area contributed by atoms with E-state index in [0.717, 1.165) is 25.7 Å². The number of carbonyl (C=O) groups excluding carboxylic acids is 1. The smallest absolute Gasteiger partial charge is 0.227 e. The Kier molecular flexibility index (Phi) is 4.28. The lowest BCUT2D eigenvalue weighted by atomic mass is 9.73. The number of hydrogen-bond donors (Lipinski definition) is 3. The maximum absolute atomic E-state index is 12.2. The van der Waals surface area contributed by atoms with Gasteiger partial charge in [0.15, 0.2) is 0 Å². The normalized spacial score (nSPS) is 23.4. The Morgan fingerprint density at radius 1 is 1.35 bits per heavy atom. The van der Waals surface area contributed by atoms with Gasteiger partial charge in [-0.05, 0) is 51.5 Å². The summed E-state index contributed by atoms with van der Waals surface area (Å²) in [5, 5.41) is 2.92. The second-order valence-electron chi connectivity index (χ2n) is 6.33. The van der Waals surface area contributed by atoms with Crippen LogP contribution in [0.15, 0.2) is 18.3 Å². The first-order valence-electron chi connectivity index (χ1n) is 7.17. The number of nitrogens with two attached hydrogens (primary N) is 2. The first-order valence-corrected chi connectivity index (χ1v) is 7.17. The Morgan fingerprint density at radius 2 is 2.00 bits per heavy atom. The zero-order valence-corrected chi connectivity index (χ0v) is 12.2. The van der Waals surface area contributed by atoms with Crippen molar-refractivity contribution in [3.8, 4) is 0 Å². The van der Waals surface area contributed by atoms with Crippen molar-refractivity contribution in [2.24, 2.45) is 17.6 Å². The van der Waals surface area contributed by atoms with Gasteiger partial charge in [-0.3, -0.25) is 4.79 Å². The quantitative estimate of drug-likeness (QED) is 0.788. The Morgan fingerprint density at radius 3 is 2.55 bits per heavy atom. The van der Waals surface area contributed by atoms with Crippen LogP contribution in [0.2, 0.25) is 0 Å². The van der Waals surface area contributed by atoms with Crippen molar-refractivity contribution >= 4 is 17.4 Å². The molecule has 1 fully saturated rings. The molecule has 0 aliphatic heterocycles. The number of nitrogen functional groups attached to an aromatic ring is 1. The molecule has 5 heteroatoms. The van der Waals surface area contributed by atoms with Gasteiger partial charge in [0.25, 0.3) is 0 Å². The molecule has 5 N–H and O–H groups in total. The Bertz CT molecular complexity index is 473. The molecule has 0 atom stereocenters. The summed E-state index contributed by atoms with van der Waals surface area (Å²) in [5.41, 5.74) is 12.3. The summed E-state index contributed by atoms with van der Waals surface area (Å²) in [4.78, 5) is 16.1. The van der Waals surface area contributed by atoms with Crippen molar-refractivity contribution in [3.63, 3.8) is 0 Å². The SMILES string of the molecule is CC(C)(N)[C@H]1CC[C@H](C(=O)Nc2ccnc(N)c2)CC1. The van der Waals surface area contributed by atoms with Gasteiger partial charge in [-0.25, -0.2) is 4.98 Å². The molecule has 0 bridgehead atoms. The molecule has 1 aliphatic rings. The van der Waals surface area contributed by atoms with E-state index in [4.69, 9.17) is 11.5 Å². The first kappa shape index (κ1) is 14.8. The summed E-state index contributed by atoms with van der Waals surface area (Å²) in [7, 11) is 0. The minimum atomic E-state index is -0.152. The number of nitrogens with one attached hydrogen (secondary N) is 1. The van der Waals surface area contributed by atoms with Gasteiger partial charge in [0.05, 0.1) is 0 Å². The van der Waals surface area contributed by atoms with Crippen LogP contribution in [0.3, 0.4) is 0 Å². The summed E-state index contributed by atoms with van der Waals surface area (Å²) in [5.74, 6) is 1.06. The summed E-state index contributed by atoms with van der Waals surface area (Å²) in [6.45, 7) is 4.13. The standard InChI is InChI=1S/C15H24N4O/c1-15(2,17)11-5-3-10(4-6-11)14(20)19-12-7-8-18-13(16)9-12/h7-11H,3-6,17H2,1-2H3,(H3,16,18,19,20)/t10-,11-. The molecule has 1 saturated carbocycles. The number of aromatic nitrogens is 1. The highest BCUT2D eigenvalue weighted by molar-refractivity contribution is 5.92. The zero-order valence-electron chi connectivity index (χ0n) is 12.2. The van der Waals surface area contributed by atoms with E-state index in [1.165, 1.54) is 0 Å². The van der Waals surface area contributed by atoms with Crippen LogP contribution in [0.1, 0.15) is 39.5 Å². The fraction of sp³-hybridized carbons (Fsp3) is 0.600. The van der Waals surface area contributed by atoms with Crippen molar-refractivity contribution in [2.45, 2.75) is 45.1 Å². The second-order valence-corrected chi connectivity index (χ2v) is 6.33. The molecule has 1 aliphatic carbocycles. The fourth-order valence-electron chi connectivity index (χ4n) is 2.87. The molecule has 1 amide bonds. The van der Waals surface area contributed by atoms with Crippen molar-refractivity contribution in [2.75, 3.05) is 11.1 Å². The Balaban J connectivity index is 1.89. The van der Waals surface area contributed by atoms with Gasteiger partial charge in [-0.15, -0.1) is 0 Å². The number of amides is 1. The largest absolute Gasteiger partial charge is 0.384 e. The molecule has 2 rings (SSSR count). The van der Waals surface area contributed by atoms with Crippen molar-refractivity contribution in [1.29, 1.82) is 0 Å². The fourth-order valence-corrected chi connectivity index (χ4v) is 2.87. The lowest BCUT2D eigenvalue weighted by Crippen LogP contribution is -2.43. The molecule has 1 heterocycles. The number of anilines is 2. The van der Waals surface area contributed by atoms with Crippen LogP contribution in [-0.2, 0) is 4.79 Å². The number of carbonyl (C=O) groups is 1. The van der Waals surface area contributed by atoms with Gasteiger partial charge in [-0.2, -0.15) is 0 Å². The van der Waals surface area contributed by atoms with E-state index in [1.54, 1.807) is 18.3 Å². The van der Waals surface area contributed by atoms with Gasteiger partial charge in [-0.1, -0.05) is 0 Å². The van der Waals surface area contributed by atoms with E-state index in [2.05, 4.69) is 24.1 Å². The summed E-state index contributed by atoms with van der Waals surface area (Å²) in [6, 6.07) is 3.43. The van der Waals surface area contributed by atoms with Crippen LogP contribution >= 0.6 is 0 Å². The van der Waals surface area contributed by atoms with E-state index in [1.807, 2.05) is 0 Å². The molecule has 20 heavy (non-hydrogen) atoms. The van der Waals surface area contributed by atoms with Crippen LogP contribution in [0.5, 0.6) is 0 Å². The van der Waals surface area contributed by atoms with Crippen LogP contribution in [-0.4, -0.2) is 16.4 Å². The molecule has 5 nitrogen and oxygen atoms in total. The number of nitrogens with zero attached hydrogens (tertiary/aromatic N) is 1.